The Bertz CT molecular complexity index is 607. The van der Waals surface area contributed by atoms with Gasteiger partial charge in [-0.3, -0.25) is 4.79 Å². The summed E-state index contributed by atoms with van der Waals surface area (Å²) in [5, 5.41) is 12.7. The number of aliphatic hydroxyl groups is 1. The van der Waals surface area contributed by atoms with Gasteiger partial charge in [0.1, 0.15) is 5.69 Å². The second-order valence-electron chi connectivity index (χ2n) is 4.31. The van der Waals surface area contributed by atoms with Crippen molar-refractivity contribution in [2.75, 3.05) is 13.6 Å². The molecule has 1 heterocycles. The maximum atomic E-state index is 12.1. The molecule has 0 bridgehead atoms. The lowest BCUT2D eigenvalue weighted by atomic mass is 10.2. The predicted octanol–water partition coefficient (Wildman–Crippen LogP) is 0.285. The number of likely N-dealkylation sites (N-methyl/N-ethyl adjacent to an activating group) is 1. The molecule has 0 aliphatic heterocycles. The topological polar surface area (TPSA) is 67.2 Å². The van der Waals surface area contributed by atoms with Crippen molar-refractivity contribution in [2.24, 2.45) is 0 Å². The van der Waals surface area contributed by atoms with Crippen LogP contribution in [0.25, 0.3) is 11.0 Å². The first-order valence-electron chi connectivity index (χ1n) is 5.92. The standard InChI is InChI=1S/C13H17N3O2/c1-9-13(18)16(8-10(17)7-14-2)12-6-4-3-5-11(12)15-9/h3-6,10,14,17H,7-8H2,1-2H3. The second kappa shape index (κ2) is 5.29. The van der Waals surface area contributed by atoms with Crippen molar-refractivity contribution < 1.29 is 5.11 Å². The van der Waals surface area contributed by atoms with Crippen LogP contribution in [0.1, 0.15) is 5.69 Å². The summed E-state index contributed by atoms with van der Waals surface area (Å²) < 4.78 is 1.58. The van der Waals surface area contributed by atoms with Gasteiger partial charge in [-0.1, -0.05) is 12.1 Å². The number of fused-ring (bicyclic) bond motifs is 1. The first kappa shape index (κ1) is 12.7. The molecular formula is C13H17N3O2. The van der Waals surface area contributed by atoms with Gasteiger partial charge < -0.3 is 15.0 Å². The van der Waals surface area contributed by atoms with Crippen molar-refractivity contribution in [3.8, 4) is 0 Å². The number of aryl methyl sites for hydroxylation is 1. The lowest BCUT2D eigenvalue weighted by molar-refractivity contribution is 0.154. The molecule has 0 amide bonds. The molecular weight excluding hydrogens is 230 g/mol. The van der Waals surface area contributed by atoms with Crippen LogP contribution in [0.2, 0.25) is 0 Å². The highest BCUT2D eigenvalue weighted by Crippen LogP contribution is 2.10. The van der Waals surface area contributed by atoms with Crippen molar-refractivity contribution in [2.45, 2.75) is 19.6 Å². The first-order valence-corrected chi connectivity index (χ1v) is 5.92. The Hall–Kier alpha value is -1.72. The number of hydrogen-bond donors (Lipinski definition) is 2. The molecule has 1 aromatic heterocycles. The molecule has 2 aromatic rings. The third kappa shape index (κ3) is 2.42. The van der Waals surface area contributed by atoms with Crippen molar-refractivity contribution >= 4 is 11.0 Å². The largest absolute Gasteiger partial charge is 0.390 e. The summed E-state index contributed by atoms with van der Waals surface area (Å²) in [4.78, 5) is 16.3. The minimum Gasteiger partial charge on any atom is -0.390 e. The highest BCUT2D eigenvalue weighted by atomic mass is 16.3. The van der Waals surface area contributed by atoms with E-state index >= 15 is 0 Å². The summed E-state index contributed by atoms with van der Waals surface area (Å²) in [5.74, 6) is 0. The summed E-state index contributed by atoms with van der Waals surface area (Å²) in [6.07, 6.45) is -0.599. The van der Waals surface area contributed by atoms with Gasteiger partial charge >= 0.3 is 0 Å². The van der Waals surface area contributed by atoms with Crippen LogP contribution in [0.5, 0.6) is 0 Å². The molecule has 18 heavy (non-hydrogen) atoms. The van der Waals surface area contributed by atoms with E-state index < -0.39 is 6.10 Å². The van der Waals surface area contributed by atoms with Crippen LogP contribution in [0, 0.1) is 6.92 Å². The van der Waals surface area contributed by atoms with E-state index in [4.69, 9.17) is 0 Å². The number of nitrogens with one attached hydrogen (secondary N) is 1. The van der Waals surface area contributed by atoms with Gasteiger partial charge in [0, 0.05) is 6.54 Å². The van der Waals surface area contributed by atoms with Gasteiger partial charge in [-0.2, -0.15) is 0 Å². The normalized spacial score (nSPS) is 12.8. The van der Waals surface area contributed by atoms with Crippen molar-refractivity contribution in [3.05, 3.63) is 40.3 Å². The summed E-state index contributed by atoms with van der Waals surface area (Å²) in [6, 6.07) is 7.45. The Kier molecular flexibility index (Phi) is 3.74. The number of aromatic nitrogens is 2. The van der Waals surface area contributed by atoms with E-state index in [1.807, 2.05) is 24.3 Å². The van der Waals surface area contributed by atoms with E-state index in [1.54, 1.807) is 18.5 Å². The summed E-state index contributed by atoms with van der Waals surface area (Å²) in [5.41, 5.74) is 1.82. The summed E-state index contributed by atoms with van der Waals surface area (Å²) >= 11 is 0. The van der Waals surface area contributed by atoms with Crippen LogP contribution in [0.3, 0.4) is 0 Å². The minimum atomic E-state index is -0.599. The van der Waals surface area contributed by atoms with Gasteiger partial charge in [-0.05, 0) is 26.1 Å². The molecule has 1 unspecified atom stereocenters. The Balaban J connectivity index is 2.53. The maximum Gasteiger partial charge on any atom is 0.272 e. The van der Waals surface area contributed by atoms with Crippen molar-refractivity contribution in [3.63, 3.8) is 0 Å². The monoisotopic (exact) mass is 247 g/mol. The molecule has 0 aliphatic rings. The number of nitrogens with zero attached hydrogens (tertiary/aromatic N) is 2. The quantitative estimate of drug-likeness (QED) is 0.814. The number of para-hydroxylation sites is 2. The zero-order valence-electron chi connectivity index (χ0n) is 10.6. The average Bonchev–Trinajstić information content (AvgIpc) is 2.35. The van der Waals surface area contributed by atoms with Gasteiger partial charge in [0.2, 0.25) is 0 Å². The van der Waals surface area contributed by atoms with E-state index in [0.717, 1.165) is 11.0 Å². The molecule has 0 saturated heterocycles. The maximum absolute atomic E-state index is 12.1. The molecule has 0 fully saturated rings. The predicted molar refractivity (Wildman–Crippen MR) is 70.7 cm³/mol. The van der Waals surface area contributed by atoms with Crippen LogP contribution in [-0.2, 0) is 6.54 Å². The first-order chi connectivity index (χ1) is 8.63. The minimum absolute atomic E-state index is 0.149. The summed E-state index contributed by atoms with van der Waals surface area (Å²) in [6.45, 7) is 2.40. The number of aliphatic hydroxyl groups excluding tert-OH is 1. The fraction of sp³-hybridized carbons (Fsp3) is 0.385. The Morgan fingerprint density at radius 2 is 2.17 bits per heavy atom. The smallest absolute Gasteiger partial charge is 0.272 e. The van der Waals surface area contributed by atoms with Crippen molar-refractivity contribution in [1.29, 1.82) is 0 Å². The molecule has 0 radical (unpaired) electrons. The van der Waals surface area contributed by atoms with Crippen LogP contribution < -0.4 is 10.9 Å². The Morgan fingerprint density at radius 1 is 1.44 bits per heavy atom. The lowest BCUT2D eigenvalue weighted by Gasteiger charge is -2.15. The fourth-order valence-corrected chi connectivity index (χ4v) is 2.01. The third-order valence-corrected chi connectivity index (χ3v) is 2.85. The van der Waals surface area contributed by atoms with Gasteiger partial charge in [0.05, 0.1) is 23.7 Å². The summed E-state index contributed by atoms with van der Waals surface area (Å²) in [7, 11) is 1.77. The molecule has 0 saturated carbocycles. The molecule has 2 rings (SSSR count). The Morgan fingerprint density at radius 3 is 2.89 bits per heavy atom. The average molecular weight is 247 g/mol. The molecule has 0 spiro atoms. The molecule has 96 valence electrons. The zero-order valence-corrected chi connectivity index (χ0v) is 10.6. The van der Waals surface area contributed by atoms with E-state index in [9.17, 15) is 9.90 Å². The Labute approximate surface area is 105 Å². The van der Waals surface area contributed by atoms with E-state index in [-0.39, 0.29) is 12.1 Å². The number of benzene rings is 1. The SMILES string of the molecule is CNCC(O)Cn1c(=O)c(C)nc2ccccc21. The van der Waals surface area contributed by atoms with E-state index in [1.165, 1.54) is 0 Å². The highest BCUT2D eigenvalue weighted by Gasteiger charge is 2.11. The van der Waals surface area contributed by atoms with Crippen LogP contribution in [-0.4, -0.2) is 34.4 Å². The molecule has 1 aromatic carbocycles. The van der Waals surface area contributed by atoms with Gasteiger partial charge in [-0.15, -0.1) is 0 Å². The third-order valence-electron chi connectivity index (χ3n) is 2.85. The second-order valence-corrected chi connectivity index (χ2v) is 4.31. The fourth-order valence-electron chi connectivity index (χ4n) is 2.01. The molecule has 5 heteroatoms. The van der Waals surface area contributed by atoms with E-state index in [2.05, 4.69) is 10.3 Å². The number of hydrogen-bond acceptors (Lipinski definition) is 4. The van der Waals surface area contributed by atoms with Crippen LogP contribution >= 0.6 is 0 Å². The number of rotatable bonds is 4. The van der Waals surface area contributed by atoms with Crippen LogP contribution in [0.15, 0.2) is 29.1 Å². The van der Waals surface area contributed by atoms with Crippen molar-refractivity contribution in [1.82, 2.24) is 14.9 Å². The van der Waals surface area contributed by atoms with Crippen LogP contribution in [0.4, 0.5) is 0 Å². The molecule has 5 nitrogen and oxygen atoms in total. The van der Waals surface area contributed by atoms with E-state index in [0.29, 0.717) is 12.2 Å². The molecule has 1 atom stereocenters. The molecule has 2 N–H and O–H groups in total. The van der Waals surface area contributed by atoms with Gasteiger partial charge in [-0.25, -0.2) is 4.98 Å². The molecule has 0 aliphatic carbocycles. The highest BCUT2D eigenvalue weighted by molar-refractivity contribution is 5.74. The zero-order chi connectivity index (χ0) is 13.1. The lowest BCUT2D eigenvalue weighted by Crippen LogP contribution is -2.33. The van der Waals surface area contributed by atoms with Gasteiger partial charge in [0.15, 0.2) is 0 Å². The van der Waals surface area contributed by atoms with Gasteiger partial charge in [0.25, 0.3) is 5.56 Å².